The smallest absolute Gasteiger partial charge is 0.181 e. The van der Waals surface area contributed by atoms with E-state index in [4.69, 9.17) is 14.2 Å². The third-order valence-corrected chi connectivity index (χ3v) is 5.74. The fourth-order valence-corrected chi connectivity index (χ4v) is 3.87. The number of halogens is 2. The predicted molar refractivity (Wildman–Crippen MR) is 131 cm³/mol. The van der Waals surface area contributed by atoms with Crippen molar-refractivity contribution >= 4 is 17.6 Å². The zero-order valence-electron chi connectivity index (χ0n) is 20.0. The molecule has 0 spiro atoms. The van der Waals surface area contributed by atoms with Crippen LogP contribution in [0.1, 0.15) is 44.8 Å². The van der Waals surface area contributed by atoms with E-state index >= 15 is 0 Å². The Labute approximate surface area is 207 Å². The number of hydrogen-bond acceptors (Lipinski definition) is 6. The minimum atomic E-state index is -0.646. The van der Waals surface area contributed by atoms with E-state index in [9.17, 15) is 18.4 Å². The molecule has 0 saturated carbocycles. The lowest BCUT2D eigenvalue weighted by Gasteiger charge is -2.18. The summed E-state index contributed by atoms with van der Waals surface area (Å²) in [7, 11) is 1.43. The number of ketones is 2. The molecule has 2 aromatic carbocycles. The lowest BCUT2D eigenvalue weighted by Crippen LogP contribution is -2.11. The Hall–Kier alpha value is -4.07. The molecule has 4 rings (SSSR count). The zero-order valence-corrected chi connectivity index (χ0v) is 20.0. The van der Waals surface area contributed by atoms with Crippen molar-refractivity contribution in [2.75, 3.05) is 27.0 Å². The Bertz CT molecular complexity index is 1340. The second-order valence-corrected chi connectivity index (χ2v) is 8.20. The molecule has 1 aliphatic heterocycles. The van der Waals surface area contributed by atoms with Crippen LogP contribution in [0.3, 0.4) is 0 Å². The van der Waals surface area contributed by atoms with Crippen molar-refractivity contribution in [3.63, 3.8) is 0 Å². The van der Waals surface area contributed by atoms with Crippen molar-refractivity contribution in [3.05, 3.63) is 76.7 Å². The summed E-state index contributed by atoms with van der Waals surface area (Å²) in [6.45, 7) is 1.25. The Morgan fingerprint density at radius 3 is 2.61 bits per heavy atom. The van der Waals surface area contributed by atoms with Gasteiger partial charge in [-0.3, -0.25) is 9.59 Å². The number of ether oxygens (including phenoxy) is 3. The fourth-order valence-electron chi connectivity index (χ4n) is 3.87. The standard InChI is InChI=1S/C28H25F2NO5/c1-17-14-19(5-7-21(17)30)27-28-20(4-3-12-36-28)15-22(31-27)24(33)9-8-23(32)18-6-10-25(35-13-11-29)26(16-18)34-2/h3-7,10,14-16H,8-9,11-13H2,1-2H3. The van der Waals surface area contributed by atoms with Crippen molar-refractivity contribution in [1.29, 1.82) is 0 Å². The third kappa shape index (κ3) is 5.43. The Kier molecular flexibility index (Phi) is 7.73. The number of aryl methyl sites for hydroxylation is 1. The summed E-state index contributed by atoms with van der Waals surface area (Å²) in [4.78, 5) is 30.4. The van der Waals surface area contributed by atoms with Gasteiger partial charge < -0.3 is 14.2 Å². The number of nitrogens with zero attached hydrogens (tertiary/aromatic N) is 1. The lowest BCUT2D eigenvalue weighted by molar-refractivity contribution is 0.0914. The Balaban J connectivity index is 1.54. The van der Waals surface area contributed by atoms with E-state index in [-0.39, 0.29) is 42.5 Å². The minimum absolute atomic E-state index is 0.0389. The fraction of sp³-hybridized carbons (Fsp3) is 0.250. The van der Waals surface area contributed by atoms with Gasteiger partial charge in [0.2, 0.25) is 0 Å². The number of hydrogen-bond donors (Lipinski definition) is 0. The molecule has 1 aromatic heterocycles. The highest BCUT2D eigenvalue weighted by molar-refractivity contribution is 6.02. The number of aromatic nitrogens is 1. The minimum Gasteiger partial charge on any atom is -0.493 e. The number of fused-ring (bicyclic) bond motifs is 1. The first-order valence-corrected chi connectivity index (χ1v) is 11.5. The summed E-state index contributed by atoms with van der Waals surface area (Å²) < 4.78 is 42.5. The summed E-state index contributed by atoms with van der Waals surface area (Å²) in [5.74, 6) is 0.272. The van der Waals surface area contributed by atoms with Gasteiger partial charge in [-0.2, -0.15) is 0 Å². The first kappa shape index (κ1) is 25.0. The zero-order chi connectivity index (χ0) is 25.7. The van der Waals surface area contributed by atoms with Gasteiger partial charge in [0.15, 0.2) is 28.8 Å². The molecule has 0 fully saturated rings. The third-order valence-electron chi connectivity index (χ3n) is 5.74. The number of alkyl halides is 1. The number of carbonyl (C=O) groups excluding carboxylic acids is 2. The molecular formula is C28H25F2NO5. The number of rotatable bonds is 10. The SMILES string of the molecule is COc1cc(C(=O)CCC(=O)c2cc3c(c(-c4ccc(F)c(C)c4)n2)OCC=C3)ccc1OCCF. The predicted octanol–water partition coefficient (Wildman–Crippen LogP) is 5.80. The van der Waals surface area contributed by atoms with Gasteiger partial charge in [0, 0.05) is 29.5 Å². The van der Waals surface area contributed by atoms with Crippen LogP contribution in [0.25, 0.3) is 17.3 Å². The number of methoxy groups -OCH3 is 1. The molecule has 0 bridgehead atoms. The quantitative estimate of drug-likeness (QED) is 0.332. The maximum absolute atomic E-state index is 13.8. The van der Waals surface area contributed by atoms with Crippen LogP contribution in [0.2, 0.25) is 0 Å². The molecule has 1 aliphatic rings. The van der Waals surface area contributed by atoms with Gasteiger partial charge in [-0.05, 0) is 61.0 Å². The van der Waals surface area contributed by atoms with Gasteiger partial charge in [0.1, 0.15) is 37.1 Å². The van der Waals surface area contributed by atoms with Crippen molar-refractivity contribution in [2.45, 2.75) is 19.8 Å². The number of pyridine rings is 1. The van der Waals surface area contributed by atoms with Crippen LogP contribution in [0.15, 0.2) is 48.5 Å². The van der Waals surface area contributed by atoms with Crippen LogP contribution in [-0.4, -0.2) is 43.5 Å². The molecule has 2 heterocycles. The summed E-state index contributed by atoms with van der Waals surface area (Å²) >= 11 is 0. The van der Waals surface area contributed by atoms with Crippen molar-refractivity contribution < 1.29 is 32.6 Å². The molecule has 0 aliphatic carbocycles. The van der Waals surface area contributed by atoms with Crippen LogP contribution >= 0.6 is 0 Å². The topological polar surface area (TPSA) is 74.7 Å². The highest BCUT2D eigenvalue weighted by atomic mass is 19.1. The second-order valence-electron chi connectivity index (χ2n) is 8.20. The Morgan fingerprint density at radius 2 is 1.86 bits per heavy atom. The maximum atomic E-state index is 13.8. The molecule has 0 N–H and O–H groups in total. The van der Waals surface area contributed by atoms with Gasteiger partial charge in [0.25, 0.3) is 0 Å². The van der Waals surface area contributed by atoms with Crippen molar-refractivity contribution in [2.24, 2.45) is 0 Å². The van der Waals surface area contributed by atoms with Gasteiger partial charge in [-0.25, -0.2) is 13.8 Å². The van der Waals surface area contributed by atoms with Crippen LogP contribution in [-0.2, 0) is 0 Å². The maximum Gasteiger partial charge on any atom is 0.181 e. The van der Waals surface area contributed by atoms with E-state index in [0.717, 1.165) is 0 Å². The van der Waals surface area contributed by atoms with Crippen molar-refractivity contribution in [3.8, 4) is 28.5 Å². The molecule has 0 unspecified atom stereocenters. The average molecular weight is 494 g/mol. The van der Waals surface area contributed by atoms with E-state index in [1.54, 1.807) is 31.2 Å². The Morgan fingerprint density at radius 1 is 1.06 bits per heavy atom. The molecule has 3 aromatic rings. The molecule has 36 heavy (non-hydrogen) atoms. The summed E-state index contributed by atoms with van der Waals surface area (Å²) in [5, 5.41) is 0. The summed E-state index contributed by atoms with van der Waals surface area (Å²) in [6, 6.07) is 10.8. The molecular weight excluding hydrogens is 468 g/mol. The van der Waals surface area contributed by atoms with Gasteiger partial charge in [-0.1, -0.05) is 6.08 Å². The molecule has 0 saturated heterocycles. The van der Waals surface area contributed by atoms with Gasteiger partial charge in [-0.15, -0.1) is 0 Å². The largest absolute Gasteiger partial charge is 0.493 e. The molecule has 0 amide bonds. The second kappa shape index (κ2) is 11.1. The molecule has 0 radical (unpaired) electrons. The lowest BCUT2D eigenvalue weighted by atomic mass is 9.99. The summed E-state index contributed by atoms with van der Waals surface area (Å²) in [6.07, 6.45) is 3.58. The van der Waals surface area contributed by atoms with E-state index in [0.29, 0.717) is 51.8 Å². The van der Waals surface area contributed by atoms with Crippen LogP contribution in [0.4, 0.5) is 8.78 Å². The molecule has 0 atom stereocenters. The highest BCUT2D eigenvalue weighted by Crippen LogP contribution is 2.36. The number of Topliss-reactive ketones (excluding diaryl/α,β-unsaturated/α-hetero) is 2. The summed E-state index contributed by atoms with van der Waals surface area (Å²) in [5.41, 5.74) is 2.77. The van der Waals surface area contributed by atoms with Crippen LogP contribution in [0, 0.1) is 12.7 Å². The van der Waals surface area contributed by atoms with Crippen LogP contribution in [0.5, 0.6) is 17.2 Å². The molecule has 6 nitrogen and oxygen atoms in total. The normalized spacial score (nSPS) is 12.0. The first-order valence-electron chi connectivity index (χ1n) is 11.5. The van der Waals surface area contributed by atoms with E-state index in [1.807, 2.05) is 12.2 Å². The van der Waals surface area contributed by atoms with Crippen LogP contribution < -0.4 is 14.2 Å². The highest BCUT2D eigenvalue weighted by Gasteiger charge is 2.21. The number of benzene rings is 2. The van der Waals surface area contributed by atoms with E-state index < -0.39 is 6.67 Å². The van der Waals surface area contributed by atoms with Gasteiger partial charge in [0.05, 0.1) is 7.11 Å². The first-order chi connectivity index (χ1) is 17.4. The average Bonchev–Trinajstić information content (AvgIpc) is 2.91. The van der Waals surface area contributed by atoms with Crippen molar-refractivity contribution in [1.82, 2.24) is 4.98 Å². The molecule has 8 heteroatoms. The molecule has 186 valence electrons. The van der Waals surface area contributed by atoms with Gasteiger partial charge >= 0.3 is 0 Å². The van der Waals surface area contributed by atoms with E-state index in [1.165, 1.54) is 25.3 Å². The monoisotopic (exact) mass is 493 g/mol. The number of carbonyl (C=O) groups is 2. The van der Waals surface area contributed by atoms with E-state index in [2.05, 4.69) is 4.98 Å².